The average molecular weight is 402 g/mol. The minimum absolute atomic E-state index is 0.0722. The number of carbonyl (C=O) groups excluding carboxylic acids is 1. The van der Waals surface area contributed by atoms with E-state index < -0.39 is 10.0 Å². The smallest absolute Gasteiger partial charge is 0.240 e. The Hall–Kier alpha value is -2.22. The van der Waals surface area contributed by atoms with Crippen molar-refractivity contribution in [1.82, 2.24) is 14.9 Å². The number of amides is 1. The molecular formula is C21H27N3O3S. The van der Waals surface area contributed by atoms with Crippen molar-refractivity contribution in [2.75, 3.05) is 26.2 Å². The highest BCUT2D eigenvalue weighted by atomic mass is 32.2. The highest BCUT2D eigenvalue weighted by Gasteiger charge is 2.23. The SMILES string of the molecule is O=C(CCNS(=O)(=O)c1ccccc1)NCC(c1ccccc1)N1CCCC1. The molecule has 2 aromatic carbocycles. The lowest BCUT2D eigenvalue weighted by Crippen LogP contribution is -2.38. The molecule has 1 aliphatic heterocycles. The van der Waals surface area contributed by atoms with E-state index in [0.29, 0.717) is 6.54 Å². The Morgan fingerprint density at radius 3 is 2.21 bits per heavy atom. The topological polar surface area (TPSA) is 78.5 Å². The fourth-order valence-corrected chi connectivity index (χ4v) is 4.52. The number of nitrogens with one attached hydrogen (secondary N) is 2. The zero-order chi connectivity index (χ0) is 19.8. The van der Waals surface area contributed by atoms with Gasteiger partial charge in [-0.2, -0.15) is 0 Å². The first-order valence-electron chi connectivity index (χ1n) is 9.67. The van der Waals surface area contributed by atoms with Gasteiger partial charge in [0.25, 0.3) is 0 Å². The van der Waals surface area contributed by atoms with Crippen LogP contribution >= 0.6 is 0 Å². The molecule has 0 aliphatic carbocycles. The molecule has 28 heavy (non-hydrogen) atoms. The normalized spacial score (nSPS) is 16.0. The van der Waals surface area contributed by atoms with Gasteiger partial charge in [0.2, 0.25) is 15.9 Å². The molecule has 1 fully saturated rings. The van der Waals surface area contributed by atoms with E-state index in [1.54, 1.807) is 18.2 Å². The van der Waals surface area contributed by atoms with Crippen molar-refractivity contribution in [3.8, 4) is 0 Å². The summed E-state index contributed by atoms with van der Waals surface area (Å²) in [7, 11) is -3.58. The quantitative estimate of drug-likeness (QED) is 0.676. The summed E-state index contributed by atoms with van der Waals surface area (Å²) in [5, 5.41) is 2.97. The molecule has 7 heteroatoms. The van der Waals surface area contributed by atoms with Crippen molar-refractivity contribution in [3.63, 3.8) is 0 Å². The van der Waals surface area contributed by atoms with Crippen molar-refractivity contribution in [2.45, 2.75) is 30.2 Å². The maximum absolute atomic E-state index is 12.3. The van der Waals surface area contributed by atoms with Crippen LogP contribution < -0.4 is 10.0 Å². The number of nitrogens with zero attached hydrogens (tertiary/aromatic N) is 1. The van der Waals surface area contributed by atoms with Gasteiger partial charge in [0, 0.05) is 19.5 Å². The summed E-state index contributed by atoms with van der Waals surface area (Å²) in [6, 6.07) is 18.5. The Labute approximate surface area is 167 Å². The van der Waals surface area contributed by atoms with Crippen molar-refractivity contribution < 1.29 is 13.2 Å². The predicted octanol–water partition coefficient (Wildman–Crippen LogP) is 2.31. The first-order chi connectivity index (χ1) is 13.6. The zero-order valence-electron chi connectivity index (χ0n) is 15.9. The van der Waals surface area contributed by atoms with Crippen molar-refractivity contribution in [2.24, 2.45) is 0 Å². The van der Waals surface area contributed by atoms with Crippen LogP contribution in [0.2, 0.25) is 0 Å². The van der Waals surface area contributed by atoms with Gasteiger partial charge in [0.05, 0.1) is 10.9 Å². The van der Waals surface area contributed by atoms with E-state index >= 15 is 0 Å². The molecule has 0 bridgehead atoms. The van der Waals surface area contributed by atoms with E-state index in [4.69, 9.17) is 0 Å². The second-order valence-corrected chi connectivity index (χ2v) is 8.70. The van der Waals surface area contributed by atoms with Gasteiger partial charge in [0.15, 0.2) is 0 Å². The molecule has 2 aromatic rings. The van der Waals surface area contributed by atoms with Gasteiger partial charge >= 0.3 is 0 Å². The van der Waals surface area contributed by atoms with Gasteiger partial charge < -0.3 is 5.32 Å². The van der Waals surface area contributed by atoms with Gasteiger partial charge in [-0.1, -0.05) is 48.5 Å². The van der Waals surface area contributed by atoms with Crippen LogP contribution in [0.1, 0.15) is 30.9 Å². The fraction of sp³-hybridized carbons (Fsp3) is 0.381. The molecular weight excluding hydrogens is 374 g/mol. The molecule has 150 valence electrons. The Bertz CT molecular complexity index is 851. The first kappa shape index (κ1) is 20.5. The highest BCUT2D eigenvalue weighted by molar-refractivity contribution is 7.89. The van der Waals surface area contributed by atoms with Crippen LogP contribution in [0.15, 0.2) is 65.6 Å². The second kappa shape index (κ2) is 9.82. The van der Waals surface area contributed by atoms with Crippen LogP contribution in [0.3, 0.4) is 0 Å². The van der Waals surface area contributed by atoms with Crippen LogP contribution in [0, 0.1) is 0 Å². The molecule has 0 spiro atoms. The third-order valence-electron chi connectivity index (χ3n) is 4.96. The molecule has 0 radical (unpaired) electrons. The standard InChI is InChI=1S/C21H27N3O3S/c25-21(13-14-23-28(26,27)19-11-5-2-6-12-19)22-17-20(24-15-7-8-16-24)18-9-3-1-4-10-18/h1-6,9-12,20,23H,7-8,13-17H2,(H,22,25). The molecule has 1 heterocycles. The Balaban J connectivity index is 1.50. The van der Waals surface area contributed by atoms with E-state index in [1.165, 1.54) is 30.5 Å². The average Bonchev–Trinajstić information content (AvgIpc) is 3.24. The number of sulfonamides is 1. The Kier molecular flexibility index (Phi) is 7.19. The van der Waals surface area contributed by atoms with Crippen molar-refractivity contribution in [1.29, 1.82) is 0 Å². The van der Waals surface area contributed by atoms with Crippen molar-refractivity contribution in [3.05, 3.63) is 66.2 Å². The van der Waals surface area contributed by atoms with Crippen LogP contribution in [0.4, 0.5) is 0 Å². The van der Waals surface area contributed by atoms with Gasteiger partial charge in [-0.15, -0.1) is 0 Å². The summed E-state index contributed by atoms with van der Waals surface area (Å²) in [6.45, 7) is 2.66. The van der Waals surface area contributed by atoms with E-state index in [0.717, 1.165) is 13.1 Å². The maximum Gasteiger partial charge on any atom is 0.240 e. The summed E-state index contributed by atoms with van der Waals surface area (Å²) in [4.78, 5) is 14.9. The fourth-order valence-electron chi connectivity index (χ4n) is 3.47. The first-order valence-corrected chi connectivity index (χ1v) is 11.1. The summed E-state index contributed by atoms with van der Waals surface area (Å²) in [5.41, 5.74) is 1.19. The molecule has 0 saturated carbocycles. The lowest BCUT2D eigenvalue weighted by molar-refractivity contribution is -0.121. The Morgan fingerprint density at radius 1 is 0.964 bits per heavy atom. The molecule has 6 nitrogen and oxygen atoms in total. The maximum atomic E-state index is 12.3. The minimum atomic E-state index is -3.58. The van der Waals surface area contributed by atoms with Crippen LogP contribution in [-0.4, -0.2) is 45.4 Å². The largest absolute Gasteiger partial charge is 0.354 e. The predicted molar refractivity (Wildman–Crippen MR) is 109 cm³/mol. The third kappa shape index (κ3) is 5.64. The number of hydrogen-bond donors (Lipinski definition) is 2. The van der Waals surface area contributed by atoms with Gasteiger partial charge in [-0.3, -0.25) is 9.69 Å². The third-order valence-corrected chi connectivity index (χ3v) is 6.43. The molecule has 1 saturated heterocycles. The van der Waals surface area contributed by atoms with Crippen LogP contribution in [0.25, 0.3) is 0 Å². The van der Waals surface area contributed by atoms with Crippen molar-refractivity contribution >= 4 is 15.9 Å². The molecule has 2 N–H and O–H groups in total. The molecule has 1 atom stereocenters. The van der Waals surface area contributed by atoms with Crippen LogP contribution in [0.5, 0.6) is 0 Å². The monoisotopic (exact) mass is 401 g/mol. The molecule has 3 rings (SSSR count). The summed E-state index contributed by atoms with van der Waals surface area (Å²) >= 11 is 0. The summed E-state index contributed by atoms with van der Waals surface area (Å²) in [6.07, 6.45) is 2.46. The molecule has 1 amide bonds. The minimum Gasteiger partial charge on any atom is -0.354 e. The van der Waals surface area contributed by atoms with E-state index in [9.17, 15) is 13.2 Å². The van der Waals surface area contributed by atoms with Crippen LogP contribution in [-0.2, 0) is 14.8 Å². The summed E-state index contributed by atoms with van der Waals surface area (Å²) < 4.78 is 26.9. The number of benzene rings is 2. The lowest BCUT2D eigenvalue weighted by atomic mass is 10.1. The van der Waals surface area contributed by atoms with Gasteiger partial charge in [0.1, 0.15) is 0 Å². The number of hydrogen-bond acceptors (Lipinski definition) is 4. The molecule has 1 aliphatic rings. The number of carbonyl (C=O) groups is 1. The van der Waals surface area contributed by atoms with E-state index in [2.05, 4.69) is 27.1 Å². The number of rotatable bonds is 9. The van der Waals surface area contributed by atoms with Gasteiger partial charge in [-0.05, 0) is 43.6 Å². The number of likely N-dealkylation sites (tertiary alicyclic amines) is 1. The molecule has 1 unspecified atom stereocenters. The van der Waals surface area contributed by atoms with E-state index in [1.807, 2.05) is 18.2 Å². The lowest BCUT2D eigenvalue weighted by Gasteiger charge is -2.28. The van der Waals surface area contributed by atoms with E-state index in [-0.39, 0.29) is 29.8 Å². The zero-order valence-corrected chi connectivity index (χ0v) is 16.7. The Morgan fingerprint density at radius 2 is 1.57 bits per heavy atom. The highest BCUT2D eigenvalue weighted by Crippen LogP contribution is 2.24. The summed E-state index contributed by atoms with van der Waals surface area (Å²) in [5.74, 6) is -0.157. The van der Waals surface area contributed by atoms with Gasteiger partial charge in [-0.25, -0.2) is 13.1 Å². The molecule has 0 aromatic heterocycles. The second-order valence-electron chi connectivity index (χ2n) is 6.93.